The molecule has 0 spiro atoms. The molecule has 0 fully saturated rings. The maximum Gasteiger partial charge on any atom is 0.325 e. The molecule has 0 bridgehead atoms. The minimum absolute atomic E-state index is 0.0317. The lowest BCUT2D eigenvalue weighted by atomic mass is 10.1. The van der Waals surface area contributed by atoms with Crippen LogP contribution in [0.15, 0.2) is 28.9 Å². The number of methoxy groups -OCH3 is 1. The second-order valence-corrected chi connectivity index (χ2v) is 4.40. The van der Waals surface area contributed by atoms with Crippen LogP contribution >= 0.6 is 0 Å². The van der Waals surface area contributed by atoms with Crippen molar-refractivity contribution in [2.24, 2.45) is 0 Å². The van der Waals surface area contributed by atoms with Gasteiger partial charge < -0.3 is 14.1 Å². The highest BCUT2D eigenvalue weighted by atomic mass is 19.1. The van der Waals surface area contributed by atoms with Crippen LogP contribution in [0.25, 0.3) is 11.0 Å². The number of amides is 1. The summed E-state index contributed by atoms with van der Waals surface area (Å²) in [6.07, 6.45) is 1.46. The van der Waals surface area contributed by atoms with E-state index in [0.29, 0.717) is 16.5 Å². The summed E-state index contributed by atoms with van der Waals surface area (Å²) in [6.45, 7) is -0.126. The number of carbonyl (C=O) groups is 2. The average Bonchev–Trinajstić information content (AvgIpc) is 2.81. The third-order valence-electron chi connectivity index (χ3n) is 2.98. The molecule has 1 aromatic carbocycles. The fourth-order valence-electron chi connectivity index (χ4n) is 1.84. The van der Waals surface area contributed by atoms with Gasteiger partial charge in [0.25, 0.3) is 0 Å². The van der Waals surface area contributed by atoms with E-state index in [0.717, 1.165) is 0 Å². The van der Waals surface area contributed by atoms with E-state index in [1.807, 2.05) is 0 Å². The first kappa shape index (κ1) is 14.0. The van der Waals surface area contributed by atoms with Gasteiger partial charge >= 0.3 is 5.97 Å². The molecular formula is C14H14FNO4. The number of rotatable bonds is 4. The van der Waals surface area contributed by atoms with Crippen molar-refractivity contribution in [3.63, 3.8) is 0 Å². The third-order valence-corrected chi connectivity index (χ3v) is 2.98. The summed E-state index contributed by atoms with van der Waals surface area (Å²) in [6, 6.07) is 4.12. The summed E-state index contributed by atoms with van der Waals surface area (Å²) in [5.74, 6) is -1.16. The number of furan rings is 1. The number of halogens is 1. The molecule has 20 heavy (non-hydrogen) atoms. The number of carbonyl (C=O) groups excluding carboxylic acids is 2. The predicted octanol–water partition coefficient (Wildman–Crippen LogP) is 1.75. The third kappa shape index (κ3) is 2.96. The lowest BCUT2D eigenvalue weighted by Crippen LogP contribution is -2.33. The Bertz CT molecular complexity index is 650. The monoisotopic (exact) mass is 279 g/mol. The Morgan fingerprint density at radius 3 is 2.85 bits per heavy atom. The van der Waals surface area contributed by atoms with Gasteiger partial charge in [0, 0.05) is 18.0 Å². The van der Waals surface area contributed by atoms with E-state index in [9.17, 15) is 14.0 Å². The quantitative estimate of drug-likeness (QED) is 0.800. The van der Waals surface area contributed by atoms with Crippen molar-refractivity contribution >= 4 is 22.8 Å². The van der Waals surface area contributed by atoms with Crippen LogP contribution in [0.2, 0.25) is 0 Å². The van der Waals surface area contributed by atoms with E-state index in [-0.39, 0.29) is 18.9 Å². The highest BCUT2D eigenvalue weighted by Gasteiger charge is 2.16. The van der Waals surface area contributed by atoms with Crippen LogP contribution in [0.1, 0.15) is 5.56 Å². The van der Waals surface area contributed by atoms with Crippen molar-refractivity contribution in [3.05, 3.63) is 35.8 Å². The van der Waals surface area contributed by atoms with Crippen molar-refractivity contribution < 1.29 is 23.1 Å². The largest absolute Gasteiger partial charge is 0.468 e. The van der Waals surface area contributed by atoms with Gasteiger partial charge in [-0.25, -0.2) is 4.39 Å². The highest BCUT2D eigenvalue weighted by molar-refractivity contribution is 5.89. The average molecular weight is 279 g/mol. The van der Waals surface area contributed by atoms with Crippen LogP contribution in [-0.2, 0) is 20.7 Å². The van der Waals surface area contributed by atoms with Crippen LogP contribution < -0.4 is 0 Å². The topological polar surface area (TPSA) is 59.8 Å². The molecule has 5 nitrogen and oxygen atoms in total. The van der Waals surface area contributed by atoms with Crippen molar-refractivity contribution in [1.82, 2.24) is 4.90 Å². The summed E-state index contributed by atoms with van der Waals surface area (Å²) in [7, 11) is 2.76. The summed E-state index contributed by atoms with van der Waals surface area (Å²) in [4.78, 5) is 24.3. The van der Waals surface area contributed by atoms with E-state index >= 15 is 0 Å². The van der Waals surface area contributed by atoms with Gasteiger partial charge in [0.1, 0.15) is 17.9 Å². The molecule has 6 heteroatoms. The number of fused-ring (bicyclic) bond motifs is 1. The van der Waals surface area contributed by atoms with Crippen molar-refractivity contribution in [2.45, 2.75) is 6.42 Å². The molecular weight excluding hydrogens is 265 g/mol. The molecule has 0 N–H and O–H groups in total. The number of likely N-dealkylation sites (N-methyl/N-ethyl adjacent to an activating group) is 1. The first-order valence-electron chi connectivity index (χ1n) is 5.97. The molecule has 0 aliphatic rings. The minimum atomic E-state index is -0.496. The molecule has 0 atom stereocenters. The van der Waals surface area contributed by atoms with Crippen molar-refractivity contribution in [3.8, 4) is 0 Å². The lowest BCUT2D eigenvalue weighted by Gasteiger charge is -2.14. The van der Waals surface area contributed by atoms with Crippen LogP contribution in [0.3, 0.4) is 0 Å². The van der Waals surface area contributed by atoms with Gasteiger partial charge in [0.05, 0.1) is 19.8 Å². The molecule has 1 aromatic heterocycles. The Morgan fingerprint density at radius 1 is 1.40 bits per heavy atom. The number of nitrogens with zero attached hydrogens (tertiary/aromatic N) is 1. The zero-order chi connectivity index (χ0) is 14.7. The molecule has 1 heterocycles. The molecule has 0 aliphatic carbocycles. The molecule has 0 saturated carbocycles. The zero-order valence-electron chi connectivity index (χ0n) is 11.2. The number of esters is 1. The summed E-state index contributed by atoms with van der Waals surface area (Å²) >= 11 is 0. The predicted molar refractivity (Wildman–Crippen MR) is 69.5 cm³/mol. The van der Waals surface area contributed by atoms with Gasteiger partial charge in [0.2, 0.25) is 5.91 Å². The summed E-state index contributed by atoms with van der Waals surface area (Å²) < 4.78 is 23.0. The van der Waals surface area contributed by atoms with E-state index in [2.05, 4.69) is 4.74 Å². The van der Waals surface area contributed by atoms with Gasteiger partial charge in [0.15, 0.2) is 0 Å². The van der Waals surface area contributed by atoms with Gasteiger partial charge in [-0.15, -0.1) is 0 Å². The minimum Gasteiger partial charge on any atom is -0.468 e. The lowest BCUT2D eigenvalue weighted by molar-refractivity contribution is -0.145. The Labute approximate surface area is 114 Å². The van der Waals surface area contributed by atoms with Crippen LogP contribution in [0.5, 0.6) is 0 Å². The van der Waals surface area contributed by atoms with Crippen LogP contribution in [0.4, 0.5) is 4.39 Å². The van der Waals surface area contributed by atoms with Crippen LogP contribution in [-0.4, -0.2) is 37.5 Å². The number of benzene rings is 1. The smallest absolute Gasteiger partial charge is 0.325 e. The normalized spacial score (nSPS) is 10.6. The van der Waals surface area contributed by atoms with E-state index in [1.54, 1.807) is 0 Å². The fraction of sp³-hybridized carbons (Fsp3) is 0.286. The van der Waals surface area contributed by atoms with E-state index in [1.165, 1.54) is 43.5 Å². The second-order valence-electron chi connectivity index (χ2n) is 4.40. The summed E-state index contributed by atoms with van der Waals surface area (Å²) in [5.41, 5.74) is 1.10. The summed E-state index contributed by atoms with van der Waals surface area (Å²) in [5, 5.41) is 0.560. The maximum absolute atomic E-state index is 13.2. The van der Waals surface area contributed by atoms with Gasteiger partial charge in [-0.05, 0) is 18.2 Å². The van der Waals surface area contributed by atoms with Crippen LogP contribution in [0, 0.1) is 5.82 Å². The molecule has 106 valence electrons. The Kier molecular flexibility index (Phi) is 4.02. The van der Waals surface area contributed by atoms with Gasteiger partial charge in [-0.2, -0.15) is 0 Å². The van der Waals surface area contributed by atoms with Gasteiger partial charge in [-0.1, -0.05) is 0 Å². The first-order chi connectivity index (χ1) is 9.51. The first-order valence-corrected chi connectivity index (χ1v) is 5.97. The molecule has 1 amide bonds. The van der Waals surface area contributed by atoms with E-state index in [4.69, 9.17) is 4.42 Å². The standard InChI is InChI=1S/C14H14FNO4/c1-16(7-14(18)19-2)13(17)5-9-8-20-12-4-3-10(15)6-11(9)12/h3-4,6,8H,5,7H2,1-2H3. The van der Waals surface area contributed by atoms with E-state index < -0.39 is 11.8 Å². The molecule has 0 radical (unpaired) electrons. The number of hydrogen-bond acceptors (Lipinski definition) is 4. The molecule has 2 rings (SSSR count). The maximum atomic E-state index is 13.2. The number of ether oxygens (including phenoxy) is 1. The van der Waals surface area contributed by atoms with Gasteiger partial charge in [-0.3, -0.25) is 9.59 Å². The highest BCUT2D eigenvalue weighted by Crippen LogP contribution is 2.22. The Balaban J connectivity index is 2.13. The second kappa shape index (κ2) is 5.73. The SMILES string of the molecule is COC(=O)CN(C)C(=O)Cc1coc2ccc(F)cc12. The molecule has 0 unspecified atom stereocenters. The van der Waals surface area contributed by atoms with Crippen molar-refractivity contribution in [1.29, 1.82) is 0 Å². The molecule has 0 saturated heterocycles. The number of hydrogen-bond donors (Lipinski definition) is 0. The fourth-order valence-corrected chi connectivity index (χ4v) is 1.84. The van der Waals surface area contributed by atoms with Crippen molar-refractivity contribution in [2.75, 3.05) is 20.7 Å². The molecule has 0 aliphatic heterocycles. The Morgan fingerprint density at radius 2 is 2.15 bits per heavy atom. The Hall–Kier alpha value is -2.37. The molecule has 2 aromatic rings. The zero-order valence-corrected chi connectivity index (χ0v) is 11.2.